The zero-order valence-electron chi connectivity index (χ0n) is 9.17. The van der Waals surface area contributed by atoms with E-state index in [0.717, 1.165) is 32.4 Å². The van der Waals surface area contributed by atoms with Crippen LogP contribution in [0.3, 0.4) is 0 Å². The Morgan fingerprint density at radius 1 is 1.50 bits per heavy atom. The molecule has 1 aliphatic heterocycles. The van der Waals surface area contributed by atoms with Crippen molar-refractivity contribution < 1.29 is 9.90 Å². The summed E-state index contributed by atoms with van der Waals surface area (Å²) in [7, 11) is 0. The Morgan fingerprint density at radius 3 is 2.94 bits per heavy atom. The second-order valence-corrected chi connectivity index (χ2v) is 4.14. The molecule has 1 fully saturated rings. The minimum absolute atomic E-state index is 0.276. The van der Waals surface area contributed by atoms with Crippen molar-refractivity contribution in [2.24, 2.45) is 0 Å². The van der Waals surface area contributed by atoms with E-state index in [1.165, 1.54) is 5.56 Å². The molecule has 1 N–H and O–H groups in total. The van der Waals surface area contributed by atoms with Gasteiger partial charge in [-0.3, -0.25) is 14.7 Å². The first-order chi connectivity index (χ1) is 7.77. The van der Waals surface area contributed by atoms with Gasteiger partial charge in [0, 0.05) is 18.9 Å². The predicted octanol–water partition coefficient (Wildman–Crippen LogP) is 1.17. The summed E-state index contributed by atoms with van der Waals surface area (Å²) in [5.41, 5.74) is 1.21. The van der Waals surface area contributed by atoms with Crippen molar-refractivity contribution in [2.45, 2.75) is 25.3 Å². The zero-order valence-corrected chi connectivity index (χ0v) is 9.17. The molecule has 86 valence electrons. The maximum Gasteiger partial charge on any atom is 0.320 e. The van der Waals surface area contributed by atoms with Crippen molar-refractivity contribution in [2.75, 3.05) is 13.1 Å². The summed E-state index contributed by atoms with van der Waals surface area (Å²) in [5, 5.41) is 9.03. The van der Waals surface area contributed by atoms with Gasteiger partial charge in [0.1, 0.15) is 6.04 Å². The molecule has 2 heterocycles. The number of hydrogen-bond acceptors (Lipinski definition) is 3. The summed E-state index contributed by atoms with van der Waals surface area (Å²) in [6, 6.07) is 3.68. The normalized spacial score (nSPS) is 21.1. The highest BCUT2D eigenvalue weighted by Crippen LogP contribution is 2.17. The van der Waals surface area contributed by atoms with Crippen molar-refractivity contribution >= 4 is 5.97 Å². The third-order valence-corrected chi connectivity index (χ3v) is 3.09. The Balaban J connectivity index is 1.88. The van der Waals surface area contributed by atoms with E-state index >= 15 is 0 Å². The van der Waals surface area contributed by atoms with Crippen molar-refractivity contribution in [3.8, 4) is 0 Å². The third-order valence-electron chi connectivity index (χ3n) is 3.09. The molecule has 0 spiro atoms. The van der Waals surface area contributed by atoms with Gasteiger partial charge in [-0.25, -0.2) is 0 Å². The largest absolute Gasteiger partial charge is 0.480 e. The van der Waals surface area contributed by atoms with E-state index in [4.69, 9.17) is 5.11 Å². The molecule has 0 unspecified atom stereocenters. The van der Waals surface area contributed by atoms with E-state index in [0.29, 0.717) is 0 Å². The topological polar surface area (TPSA) is 53.4 Å². The van der Waals surface area contributed by atoms with Crippen LogP contribution in [0.2, 0.25) is 0 Å². The number of likely N-dealkylation sites (tertiary alicyclic amines) is 1. The molecule has 16 heavy (non-hydrogen) atoms. The number of carbonyl (C=O) groups is 1. The van der Waals surface area contributed by atoms with Gasteiger partial charge in [-0.1, -0.05) is 0 Å². The van der Waals surface area contributed by atoms with Gasteiger partial charge in [0.25, 0.3) is 0 Å². The molecule has 0 amide bonds. The smallest absolute Gasteiger partial charge is 0.320 e. The Kier molecular flexibility index (Phi) is 3.51. The summed E-state index contributed by atoms with van der Waals surface area (Å²) >= 11 is 0. The summed E-state index contributed by atoms with van der Waals surface area (Å²) in [6.07, 6.45) is 6.22. The Hall–Kier alpha value is -1.42. The van der Waals surface area contributed by atoms with Gasteiger partial charge >= 0.3 is 5.97 Å². The third kappa shape index (κ3) is 2.58. The van der Waals surface area contributed by atoms with E-state index in [-0.39, 0.29) is 6.04 Å². The average Bonchev–Trinajstić information content (AvgIpc) is 2.76. The van der Waals surface area contributed by atoms with Gasteiger partial charge < -0.3 is 5.11 Å². The van der Waals surface area contributed by atoms with Gasteiger partial charge in [-0.15, -0.1) is 0 Å². The van der Waals surface area contributed by atoms with Gasteiger partial charge in [0.2, 0.25) is 0 Å². The van der Waals surface area contributed by atoms with Crippen molar-refractivity contribution in [3.63, 3.8) is 0 Å². The predicted molar refractivity (Wildman–Crippen MR) is 60.2 cm³/mol. The molecule has 0 aliphatic carbocycles. The summed E-state index contributed by atoms with van der Waals surface area (Å²) in [5.74, 6) is -0.688. The fourth-order valence-corrected chi connectivity index (χ4v) is 2.20. The molecule has 1 saturated heterocycles. The highest BCUT2D eigenvalue weighted by molar-refractivity contribution is 5.73. The first kappa shape index (κ1) is 11.1. The van der Waals surface area contributed by atoms with Crippen LogP contribution < -0.4 is 0 Å². The molecule has 0 bridgehead atoms. The lowest BCUT2D eigenvalue weighted by Crippen LogP contribution is -2.37. The van der Waals surface area contributed by atoms with E-state index in [2.05, 4.69) is 9.88 Å². The minimum atomic E-state index is -0.688. The second-order valence-electron chi connectivity index (χ2n) is 4.14. The molecule has 1 aromatic heterocycles. The molecule has 0 saturated carbocycles. The highest BCUT2D eigenvalue weighted by Gasteiger charge is 2.29. The molecule has 4 nitrogen and oxygen atoms in total. The van der Waals surface area contributed by atoms with Crippen LogP contribution in [0.4, 0.5) is 0 Å². The monoisotopic (exact) mass is 220 g/mol. The Labute approximate surface area is 94.9 Å². The zero-order chi connectivity index (χ0) is 11.4. The van der Waals surface area contributed by atoms with E-state index in [1.807, 2.05) is 12.1 Å². The first-order valence-electron chi connectivity index (χ1n) is 5.63. The maximum atomic E-state index is 11.0. The van der Waals surface area contributed by atoms with Gasteiger partial charge in [-0.2, -0.15) is 0 Å². The van der Waals surface area contributed by atoms with E-state index in [1.54, 1.807) is 12.4 Å². The SMILES string of the molecule is O=C(O)[C@@H]1CCCN1CCc1ccncc1. The lowest BCUT2D eigenvalue weighted by molar-refractivity contribution is -0.142. The van der Waals surface area contributed by atoms with Crippen molar-refractivity contribution in [1.82, 2.24) is 9.88 Å². The number of aromatic nitrogens is 1. The summed E-state index contributed by atoms with van der Waals surface area (Å²) in [6.45, 7) is 1.73. The van der Waals surface area contributed by atoms with E-state index in [9.17, 15) is 4.79 Å². The van der Waals surface area contributed by atoms with Gasteiger partial charge in [0.05, 0.1) is 0 Å². The first-order valence-corrected chi connectivity index (χ1v) is 5.63. The molecule has 1 atom stereocenters. The van der Waals surface area contributed by atoms with Crippen LogP contribution in [0, 0.1) is 0 Å². The molecule has 1 aromatic rings. The number of carboxylic acids is 1. The summed E-state index contributed by atoms with van der Waals surface area (Å²) < 4.78 is 0. The van der Waals surface area contributed by atoms with E-state index < -0.39 is 5.97 Å². The highest BCUT2D eigenvalue weighted by atomic mass is 16.4. The van der Waals surface area contributed by atoms with Crippen molar-refractivity contribution in [1.29, 1.82) is 0 Å². The molecule has 0 radical (unpaired) electrons. The van der Waals surface area contributed by atoms with Crippen LogP contribution in [0.25, 0.3) is 0 Å². The molecule has 1 aliphatic rings. The van der Waals surface area contributed by atoms with Crippen LogP contribution >= 0.6 is 0 Å². The standard InChI is InChI=1S/C12H16N2O2/c15-12(16)11-2-1-8-14(11)9-5-10-3-6-13-7-4-10/h3-4,6-7,11H,1-2,5,8-9H2,(H,15,16)/t11-/m0/s1. The van der Waals surface area contributed by atoms with Crippen LogP contribution in [0.5, 0.6) is 0 Å². The van der Waals surface area contributed by atoms with Crippen LogP contribution in [-0.2, 0) is 11.2 Å². The number of hydrogen-bond donors (Lipinski definition) is 1. The fraction of sp³-hybridized carbons (Fsp3) is 0.500. The number of rotatable bonds is 4. The van der Waals surface area contributed by atoms with Crippen LogP contribution in [0.1, 0.15) is 18.4 Å². The summed E-state index contributed by atoms with van der Waals surface area (Å²) in [4.78, 5) is 17.0. The minimum Gasteiger partial charge on any atom is -0.480 e. The molecule has 2 rings (SSSR count). The number of aliphatic carboxylic acids is 1. The second kappa shape index (κ2) is 5.07. The Morgan fingerprint density at radius 2 is 2.25 bits per heavy atom. The molecular weight excluding hydrogens is 204 g/mol. The fourth-order valence-electron chi connectivity index (χ4n) is 2.20. The van der Waals surface area contributed by atoms with Crippen LogP contribution in [0.15, 0.2) is 24.5 Å². The number of carboxylic acid groups (broad SMARTS) is 1. The molecular formula is C12H16N2O2. The van der Waals surface area contributed by atoms with Crippen LogP contribution in [-0.4, -0.2) is 40.1 Å². The maximum absolute atomic E-state index is 11.0. The molecule has 4 heteroatoms. The van der Waals surface area contributed by atoms with Gasteiger partial charge in [-0.05, 0) is 43.5 Å². The molecule has 0 aromatic carbocycles. The number of nitrogens with zero attached hydrogens (tertiary/aromatic N) is 2. The Bertz CT molecular complexity index is 353. The lowest BCUT2D eigenvalue weighted by Gasteiger charge is -2.20. The number of pyridine rings is 1. The lowest BCUT2D eigenvalue weighted by atomic mass is 10.2. The van der Waals surface area contributed by atoms with Crippen molar-refractivity contribution in [3.05, 3.63) is 30.1 Å². The quantitative estimate of drug-likeness (QED) is 0.827. The average molecular weight is 220 g/mol. The van der Waals surface area contributed by atoms with Gasteiger partial charge in [0.15, 0.2) is 0 Å².